The highest BCUT2D eigenvalue weighted by Gasteiger charge is 2.34. The molecule has 0 fully saturated rings. The average Bonchev–Trinajstić information content (AvgIpc) is 3.35. The molecule has 2 aromatic carbocycles. The van der Waals surface area contributed by atoms with Crippen LogP contribution in [0.15, 0.2) is 54.7 Å². The van der Waals surface area contributed by atoms with Crippen molar-refractivity contribution in [1.82, 2.24) is 9.47 Å². The number of amides is 1. The van der Waals surface area contributed by atoms with E-state index in [2.05, 4.69) is 0 Å². The van der Waals surface area contributed by atoms with Gasteiger partial charge in [-0.2, -0.15) is 0 Å². The van der Waals surface area contributed by atoms with E-state index >= 15 is 0 Å². The van der Waals surface area contributed by atoms with E-state index in [-0.39, 0.29) is 18.3 Å². The molecule has 2 aliphatic rings. The Balaban J connectivity index is 1.58. The number of aromatic nitrogens is 1. The molecule has 1 amide bonds. The number of fused-ring (bicyclic) bond motifs is 2. The Kier molecular flexibility index (Phi) is 3.82. The molecule has 0 aliphatic carbocycles. The van der Waals surface area contributed by atoms with Crippen molar-refractivity contribution < 1.29 is 23.0 Å². The van der Waals surface area contributed by atoms with Gasteiger partial charge in [0.1, 0.15) is 17.7 Å². The van der Waals surface area contributed by atoms with E-state index in [9.17, 15) is 13.6 Å². The number of rotatable bonds is 2. The van der Waals surface area contributed by atoms with E-state index in [1.54, 1.807) is 23.1 Å². The van der Waals surface area contributed by atoms with Crippen molar-refractivity contribution in [2.45, 2.75) is 12.6 Å². The molecule has 0 N–H and O–H groups in total. The third-order valence-electron chi connectivity index (χ3n) is 5.18. The van der Waals surface area contributed by atoms with Gasteiger partial charge in [0.15, 0.2) is 11.5 Å². The van der Waals surface area contributed by atoms with Gasteiger partial charge in [-0.25, -0.2) is 8.78 Å². The van der Waals surface area contributed by atoms with Gasteiger partial charge >= 0.3 is 0 Å². The van der Waals surface area contributed by atoms with E-state index < -0.39 is 17.7 Å². The fourth-order valence-electron chi connectivity index (χ4n) is 3.85. The highest BCUT2D eigenvalue weighted by molar-refractivity contribution is 5.95. The van der Waals surface area contributed by atoms with Crippen LogP contribution in [0.5, 0.6) is 11.5 Å². The summed E-state index contributed by atoms with van der Waals surface area (Å²) in [5.41, 5.74) is 1.47. The summed E-state index contributed by atoms with van der Waals surface area (Å²) in [7, 11) is 0. The van der Waals surface area contributed by atoms with Gasteiger partial charge in [-0.3, -0.25) is 4.79 Å². The fraction of sp³-hybridized carbons (Fsp3) is 0.190. The molecule has 1 aromatic heterocycles. The van der Waals surface area contributed by atoms with Crippen LogP contribution >= 0.6 is 0 Å². The molecule has 7 heteroatoms. The summed E-state index contributed by atoms with van der Waals surface area (Å²) < 4.78 is 40.7. The van der Waals surface area contributed by atoms with Gasteiger partial charge in [0, 0.05) is 42.2 Å². The fourth-order valence-corrected chi connectivity index (χ4v) is 3.85. The zero-order valence-corrected chi connectivity index (χ0v) is 14.8. The van der Waals surface area contributed by atoms with Crippen molar-refractivity contribution in [2.24, 2.45) is 0 Å². The van der Waals surface area contributed by atoms with Crippen LogP contribution in [0.2, 0.25) is 0 Å². The Hall–Kier alpha value is -3.35. The highest BCUT2D eigenvalue weighted by Crippen LogP contribution is 2.37. The second-order valence-electron chi connectivity index (χ2n) is 6.76. The predicted octanol–water partition coefficient (Wildman–Crippen LogP) is 3.74. The summed E-state index contributed by atoms with van der Waals surface area (Å²) in [6.45, 7) is 1.11. The number of nitrogens with zero attached hydrogens (tertiary/aromatic N) is 2. The molecule has 3 aromatic rings. The molecular weight excluding hydrogens is 366 g/mol. The first-order valence-electron chi connectivity index (χ1n) is 8.92. The molecule has 0 saturated carbocycles. The summed E-state index contributed by atoms with van der Waals surface area (Å²) in [4.78, 5) is 14.9. The quantitative estimate of drug-likeness (QED) is 0.678. The first kappa shape index (κ1) is 16.8. The largest absolute Gasteiger partial charge is 0.454 e. The second-order valence-corrected chi connectivity index (χ2v) is 6.76. The van der Waals surface area contributed by atoms with Crippen molar-refractivity contribution in [2.75, 3.05) is 13.3 Å². The minimum absolute atomic E-state index is 0.119. The van der Waals surface area contributed by atoms with E-state index in [0.717, 1.165) is 11.8 Å². The Morgan fingerprint density at radius 1 is 1.00 bits per heavy atom. The van der Waals surface area contributed by atoms with Gasteiger partial charge in [0.05, 0.1) is 0 Å². The van der Waals surface area contributed by atoms with Gasteiger partial charge in [-0.1, -0.05) is 6.07 Å². The Morgan fingerprint density at radius 2 is 1.86 bits per heavy atom. The number of benzene rings is 2. The number of hydrogen-bond acceptors (Lipinski definition) is 3. The molecule has 0 unspecified atom stereocenters. The van der Waals surface area contributed by atoms with Crippen LogP contribution in [0.4, 0.5) is 8.78 Å². The lowest BCUT2D eigenvalue weighted by Gasteiger charge is -2.37. The van der Waals surface area contributed by atoms with Crippen molar-refractivity contribution in [1.29, 1.82) is 0 Å². The molecule has 142 valence electrons. The first-order chi connectivity index (χ1) is 13.6. The molecule has 0 saturated heterocycles. The molecule has 28 heavy (non-hydrogen) atoms. The lowest BCUT2D eigenvalue weighted by Crippen LogP contribution is -2.42. The van der Waals surface area contributed by atoms with Crippen LogP contribution in [-0.2, 0) is 6.54 Å². The standard InChI is InChI=1S/C21H16F2N2O3/c22-14-4-5-15(16(23)11-14)20-17-2-1-7-24(17)8-9-25(20)21(26)13-3-6-18-19(10-13)28-12-27-18/h1-7,10-11,20H,8-9,12H2/t20-/m0/s1. The average molecular weight is 382 g/mol. The lowest BCUT2D eigenvalue weighted by molar-refractivity contribution is 0.0660. The Labute approximate surface area is 159 Å². The van der Waals surface area contributed by atoms with Crippen LogP contribution in [0, 0.1) is 11.6 Å². The maximum absolute atomic E-state index is 14.6. The second kappa shape index (κ2) is 6.37. The summed E-state index contributed by atoms with van der Waals surface area (Å²) in [6.07, 6.45) is 1.89. The third kappa shape index (κ3) is 2.62. The summed E-state index contributed by atoms with van der Waals surface area (Å²) in [5.74, 6) is -0.482. The predicted molar refractivity (Wildman–Crippen MR) is 96.2 cm³/mol. The zero-order valence-electron chi connectivity index (χ0n) is 14.8. The van der Waals surface area contributed by atoms with E-state index in [1.807, 2.05) is 22.9 Å². The van der Waals surface area contributed by atoms with Gasteiger partial charge in [-0.05, 0) is 36.4 Å². The number of hydrogen-bond donors (Lipinski definition) is 0. The monoisotopic (exact) mass is 382 g/mol. The normalized spacial score (nSPS) is 17.5. The number of carbonyl (C=O) groups excluding carboxylic acids is 1. The molecule has 3 heterocycles. The van der Waals surface area contributed by atoms with E-state index in [4.69, 9.17) is 9.47 Å². The minimum atomic E-state index is -0.678. The van der Waals surface area contributed by atoms with Crippen molar-refractivity contribution in [3.05, 3.63) is 83.2 Å². The smallest absolute Gasteiger partial charge is 0.254 e. The maximum atomic E-state index is 14.6. The van der Waals surface area contributed by atoms with Crippen LogP contribution in [-0.4, -0.2) is 28.7 Å². The summed E-state index contributed by atoms with van der Waals surface area (Å²) >= 11 is 0. The summed E-state index contributed by atoms with van der Waals surface area (Å²) in [5, 5.41) is 0. The van der Waals surface area contributed by atoms with Gasteiger partial charge in [0.2, 0.25) is 6.79 Å². The van der Waals surface area contributed by atoms with Crippen LogP contribution in [0.1, 0.15) is 27.7 Å². The summed E-state index contributed by atoms with van der Waals surface area (Å²) in [6, 6.07) is 11.5. The van der Waals surface area contributed by atoms with Crippen LogP contribution in [0.25, 0.3) is 0 Å². The number of carbonyl (C=O) groups is 1. The SMILES string of the molecule is O=C(c1ccc2c(c1)OCO2)N1CCn2cccc2[C@@H]1c1ccc(F)cc1F. The Morgan fingerprint density at radius 3 is 2.71 bits per heavy atom. The lowest BCUT2D eigenvalue weighted by atomic mass is 9.98. The highest BCUT2D eigenvalue weighted by atomic mass is 19.1. The maximum Gasteiger partial charge on any atom is 0.254 e. The molecule has 0 radical (unpaired) electrons. The minimum Gasteiger partial charge on any atom is -0.454 e. The first-order valence-corrected chi connectivity index (χ1v) is 8.92. The molecule has 5 nitrogen and oxygen atoms in total. The molecule has 0 spiro atoms. The zero-order chi connectivity index (χ0) is 19.3. The van der Waals surface area contributed by atoms with E-state index in [1.165, 1.54) is 12.1 Å². The molecule has 1 atom stereocenters. The number of ether oxygens (including phenoxy) is 2. The molecule has 5 rings (SSSR count). The Bertz CT molecular complexity index is 1080. The van der Waals surface area contributed by atoms with Crippen molar-refractivity contribution in [3.8, 4) is 11.5 Å². The van der Waals surface area contributed by atoms with Crippen molar-refractivity contribution in [3.63, 3.8) is 0 Å². The molecular formula is C21H16F2N2O3. The van der Waals surface area contributed by atoms with Gasteiger partial charge in [0.25, 0.3) is 5.91 Å². The van der Waals surface area contributed by atoms with E-state index in [0.29, 0.717) is 30.2 Å². The van der Waals surface area contributed by atoms with Crippen molar-refractivity contribution >= 4 is 5.91 Å². The topological polar surface area (TPSA) is 43.7 Å². The number of halogens is 2. The third-order valence-corrected chi connectivity index (χ3v) is 5.18. The van der Waals surface area contributed by atoms with Gasteiger partial charge in [-0.15, -0.1) is 0 Å². The molecule has 2 aliphatic heterocycles. The van der Waals surface area contributed by atoms with Crippen LogP contribution < -0.4 is 9.47 Å². The van der Waals surface area contributed by atoms with Crippen LogP contribution in [0.3, 0.4) is 0 Å². The van der Waals surface area contributed by atoms with Gasteiger partial charge < -0.3 is 18.9 Å². The molecule has 0 bridgehead atoms.